The maximum absolute atomic E-state index is 7.02. The van der Waals surface area contributed by atoms with Crippen LogP contribution in [0.25, 0.3) is 0 Å². The topological polar surface area (TPSA) is 29.3 Å². The van der Waals surface area contributed by atoms with Crippen molar-refractivity contribution in [3.8, 4) is 0 Å². The fourth-order valence-electron chi connectivity index (χ4n) is 4.25. The van der Waals surface area contributed by atoms with Crippen molar-refractivity contribution in [3.05, 3.63) is 119 Å². The fourth-order valence-corrected chi connectivity index (χ4v) is 4.25. The highest BCUT2D eigenvalue weighted by Crippen LogP contribution is 2.39. The normalized spacial score (nSPS) is 18.4. The van der Waals surface area contributed by atoms with E-state index in [9.17, 15) is 0 Å². The van der Waals surface area contributed by atoms with Crippen LogP contribution in [0.2, 0.25) is 0 Å². The Hall–Kier alpha value is -3.10. The number of nitrogens with two attached hydrogens (primary N) is 1. The van der Waals surface area contributed by atoms with E-state index in [-0.39, 0.29) is 5.41 Å². The zero-order valence-electron chi connectivity index (χ0n) is 19.9. The van der Waals surface area contributed by atoms with E-state index < -0.39 is 5.54 Å². The monoisotopic (exact) mass is 422 g/mol. The van der Waals surface area contributed by atoms with E-state index in [0.29, 0.717) is 0 Å². The second kappa shape index (κ2) is 8.44. The Morgan fingerprint density at radius 2 is 1.25 bits per heavy atom. The lowest BCUT2D eigenvalue weighted by atomic mass is 9.80. The van der Waals surface area contributed by atoms with Crippen LogP contribution < -0.4 is 10.6 Å². The molecular formula is C30H34N2. The summed E-state index contributed by atoms with van der Waals surface area (Å²) in [6.07, 6.45) is 7.14. The maximum atomic E-state index is 7.02. The second-order valence-corrected chi connectivity index (χ2v) is 10.1. The van der Waals surface area contributed by atoms with E-state index in [1.807, 2.05) is 0 Å². The SMILES string of the molecule is Cc1ccc(N(C2=CC=CC(N)(c3ccc(C(C)(C)C)cc3)C2)c2ccc(C)cc2)cc1. The van der Waals surface area contributed by atoms with Crippen LogP contribution in [-0.2, 0) is 11.0 Å². The Bertz CT molecular complexity index is 1080. The van der Waals surface area contributed by atoms with E-state index in [4.69, 9.17) is 5.73 Å². The van der Waals surface area contributed by atoms with Crippen LogP contribution in [0.5, 0.6) is 0 Å². The van der Waals surface area contributed by atoms with Gasteiger partial charge in [0.15, 0.2) is 0 Å². The summed E-state index contributed by atoms with van der Waals surface area (Å²) in [6.45, 7) is 11.0. The van der Waals surface area contributed by atoms with Crippen molar-refractivity contribution in [3.63, 3.8) is 0 Å². The van der Waals surface area contributed by atoms with Crippen LogP contribution in [-0.4, -0.2) is 0 Å². The number of allylic oxidation sites excluding steroid dienone is 2. The summed E-state index contributed by atoms with van der Waals surface area (Å²) in [6, 6.07) is 26.2. The molecule has 0 amide bonds. The highest BCUT2D eigenvalue weighted by atomic mass is 15.2. The molecule has 32 heavy (non-hydrogen) atoms. The van der Waals surface area contributed by atoms with Gasteiger partial charge in [-0.05, 0) is 60.7 Å². The standard InChI is InChI=1S/C30H34N2/c1-22-8-16-26(17-9-22)32(27-18-10-23(2)11-19-27)28-7-6-20-30(31,21-28)25-14-12-24(13-15-25)29(3,4)5/h6-20H,21,31H2,1-5H3. The van der Waals surface area contributed by atoms with Gasteiger partial charge in [0.25, 0.3) is 0 Å². The van der Waals surface area contributed by atoms with Crippen molar-refractivity contribution in [2.45, 2.75) is 52.0 Å². The third-order valence-electron chi connectivity index (χ3n) is 6.32. The van der Waals surface area contributed by atoms with E-state index in [2.05, 4.69) is 131 Å². The van der Waals surface area contributed by atoms with E-state index in [1.54, 1.807) is 0 Å². The van der Waals surface area contributed by atoms with Gasteiger partial charge in [-0.3, -0.25) is 0 Å². The zero-order valence-corrected chi connectivity index (χ0v) is 19.9. The summed E-state index contributed by atoms with van der Waals surface area (Å²) in [5.41, 5.74) is 15.0. The first-order valence-electron chi connectivity index (χ1n) is 11.4. The molecule has 0 spiro atoms. The average Bonchev–Trinajstić information content (AvgIpc) is 2.76. The number of anilines is 2. The Kier molecular flexibility index (Phi) is 5.83. The molecule has 1 aliphatic rings. The molecule has 0 fully saturated rings. The van der Waals surface area contributed by atoms with Gasteiger partial charge in [0.2, 0.25) is 0 Å². The number of nitrogens with zero attached hydrogens (tertiary/aromatic N) is 1. The molecule has 2 heteroatoms. The van der Waals surface area contributed by atoms with Gasteiger partial charge in [-0.1, -0.05) is 92.6 Å². The molecule has 4 rings (SSSR count). The minimum atomic E-state index is -0.547. The Morgan fingerprint density at radius 1 is 0.750 bits per heavy atom. The number of rotatable bonds is 4. The number of hydrogen-bond acceptors (Lipinski definition) is 2. The number of benzene rings is 3. The third-order valence-corrected chi connectivity index (χ3v) is 6.32. The molecule has 0 saturated heterocycles. The predicted octanol–water partition coefficient (Wildman–Crippen LogP) is 7.44. The first-order valence-corrected chi connectivity index (χ1v) is 11.4. The molecule has 0 bridgehead atoms. The lowest BCUT2D eigenvalue weighted by Gasteiger charge is -2.36. The third kappa shape index (κ3) is 4.56. The van der Waals surface area contributed by atoms with Crippen molar-refractivity contribution < 1.29 is 0 Å². The van der Waals surface area contributed by atoms with Crippen molar-refractivity contribution in [2.24, 2.45) is 5.73 Å². The summed E-state index contributed by atoms with van der Waals surface area (Å²) < 4.78 is 0. The largest absolute Gasteiger partial charge is 0.318 e. The van der Waals surface area contributed by atoms with Crippen molar-refractivity contribution in [2.75, 3.05) is 4.90 Å². The molecule has 3 aromatic carbocycles. The first-order chi connectivity index (χ1) is 15.2. The Balaban J connectivity index is 1.71. The van der Waals surface area contributed by atoms with Crippen LogP contribution in [0.15, 0.2) is 96.7 Å². The molecule has 2 nitrogen and oxygen atoms in total. The maximum Gasteiger partial charge on any atom is 0.0653 e. The molecule has 1 aliphatic carbocycles. The van der Waals surface area contributed by atoms with Crippen LogP contribution in [0.1, 0.15) is 49.4 Å². The molecule has 164 valence electrons. The average molecular weight is 423 g/mol. The zero-order chi connectivity index (χ0) is 22.9. The lowest BCUT2D eigenvalue weighted by Crippen LogP contribution is -2.38. The lowest BCUT2D eigenvalue weighted by molar-refractivity contribution is 0.541. The molecule has 1 unspecified atom stereocenters. The Labute approximate surface area is 193 Å². The van der Waals surface area contributed by atoms with Crippen molar-refractivity contribution in [1.29, 1.82) is 0 Å². The second-order valence-electron chi connectivity index (χ2n) is 10.1. The van der Waals surface area contributed by atoms with Crippen LogP contribution in [0.3, 0.4) is 0 Å². The van der Waals surface area contributed by atoms with Gasteiger partial charge in [0.1, 0.15) is 0 Å². The molecule has 0 heterocycles. The molecule has 1 atom stereocenters. The van der Waals surface area contributed by atoms with Crippen molar-refractivity contribution in [1.82, 2.24) is 0 Å². The van der Waals surface area contributed by atoms with Gasteiger partial charge in [0, 0.05) is 23.5 Å². The molecule has 3 aromatic rings. The molecule has 2 N–H and O–H groups in total. The summed E-state index contributed by atoms with van der Waals surface area (Å²) in [5, 5.41) is 0. The molecular weight excluding hydrogens is 388 g/mol. The van der Waals surface area contributed by atoms with Crippen LogP contribution >= 0.6 is 0 Å². The van der Waals surface area contributed by atoms with Gasteiger partial charge in [-0.25, -0.2) is 0 Å². The summed E-state index contributed by atoms with van der Waals surface area (Å²) in [4.78, 5) is 2.33. The predicted molar refractivity (Wildman–Crippen MR) is 137 cm³/mol. The van der Waals surface area contributed by atoms with Gasteiger partial charge in [-0.15, -0.1) is 0 Å². The van der Waals surface area contributed by atoms with Gasteiger partial charge in [0.05, 0.1) is 5.54 Å². The van der Waals surface area contributed by atoms with Crippen molar-refractivity contribution >= 4 is 11.4 Å². The highest BCUT2D eigenvalue weighted by Gasteiger charge is 2.31. The Morgan fingerprint density at radius 3 is 1.72 bits per heavy atom. The quantitative estimate of drug-likeness (QED) is 0.473. The van der Waals surface area contributed by atoms with E-state index in [0.717, 1.165) is 23.4 Å². The summed E-state index contributed by atoms with van der Waals surface area (Å²) in [5.74, 6) is 0. The van der Waals surface area contributed by atoms with E-state index in [1.165, 1.54) is 22.4 Å². The van der Waals surface area contributed by atoms with Gasteiger partial charge in [-0.2, -0.15) is 0 Å². The number of aryl methyl sites for hydroxylation is 2. The molecule has 0 aliphatic heterocycles. The first kappa shape index (κ1) is 22.1. The molecule has 0 saturated carbocycles. The number of hydrogen-bond donors (Lipinski definition) is 1. The molecule has 0 radical (unpaired) electrons. The van der Waals surface area contributed by atoms with E-state index >= 15 is 0 Å². The van der Waals surface area contributed by atoms with Gasteiger partial charge < -0.3 is 10.6 Å². The highest BCUT2D eigenvalue weighted by molar-refractivity contribution is 5.69. The van der Waals surface area contributed by atoms with Crippen LogP contribution in [0.4, 0.5) is 11.4 Å². The fraction of sp³-hybridized carbons (Fsp3) is 0.267. The van der Waals surface area contributed by atoms with Gasteiger partial charge >= 0.3 is 0 Å². The summed E-state index contributed by atoms with van der Waals surface area (Å²) in [7, 11) is 0. The smallest absolute Gasteiger partial charge is 0.0653 e. The summed E-state index contributed by atoms with van der Waals surface area (Å²) >= 11 is 0. The van der Waals surface area contributed by atoms with Crippen LogP contribution in [0, 0.1) is 13.8 Å². The molecule has 0 aromatic heterocycles. The minimum absolute atomic E-state index is 0.126. The minimum Gasteiger partial charge on any atom is -0.318 e.